The van der Waals surface area contributed by atoms with Crippen molar-refractivity contribution in [1.29, 1.82) is 5.26 Å². The van der Waals surface area contributed by atoms with Gasteiger partial charge < -0.3 is 14.8 Å². The van der Waals surface area contributed by atoms with Crippen LogP contribution in [-0.4, -0.2) is 54.2 Å². The lowest BCUT2D eigenvalue weighted by molar-refractivity contribution is -0.117. The van der Waals surface area contributed by atoms with Gasteiger partial charge in [0.1, 0.15) is 0 Å². The van der Waals surface area contributed by atoms with Gasteiger partial charge in [-0.25, -0.2) is 0 Å². The van der Waals surface area contributed by atoms with E-state index >= 15 is 0 Å². The summed E-state index contributed by atoms with van der Waals surface area (Å²) in [6.07, 6.45) is 5.31. The Bertz CT molecular complexity index is 1030. The first-order chi connectivity index (χ1) is 16.1. The number of carbonyl (C=O) groups excluding carboxylic acids is 1. The van der Waals surface area contributed by atoms with Crippen LogP contribution < -0.4 is 14.8 Å². The van der Waals surface area contributed by atoms with Crippen molar-refractivity contribution in [3.63, 3.8) is 0 Å². The van der Waals surface area contributed by atoms with Crippen molar-refractivity contribution in [2.24, 2.45) is 0 Å². The molecule has 1 spiro atoms. The third-order valence-electron chi connectivity index (χ3n) is 6.76. The second-order valence-electron chi connectivity index (χ2n) is 9.25. The number of amides is 1. The van der Waals surface area contributed by atoms with Crippen molar-refractivity contribution in [2.45, 2.75) is 44.4 Å². The Hall–Kier alpha value is -3.08. The zero-order valence-corrected chi connectivity index (χ0v) is 18.9. The molecule has 1 N–H and O–H groups in total. The van der Waals surface area contributed by atoms with Crippen molar-refractivity contribution in [3.05, 3.63) is 53.6 Å². The summed E-state index contributed by atoms with van der Waals surface area (Å²) in [5, 5.41) is 11.9. The molecule has 1 saturated carbocycles. The molecule has 0 atom stereocenters. The van der Waals surface area contributed by atoms with Crippen molar-refractivity contribution in [2.75, 3.05) is 38.0 Å². The average molecular weight is 447 g/mol. The van der Waals surface area contributed by atoms with E-state index in [9.17, 15) is 4.79 Å². The van der Waals surface area contributed by atoms with E-state index in [2.05, 4.69) is 21.2 Å². The first-order valence-electron chi connectivity index (χ1n) is 11.9. The first kappa shape index (κ1) is 21.7. The van der Waals surface area contributed by atoms with Gasteiger partial charge in [-0.3, -0.25) is 14.6 Å². The van der Waals surface area contributed by atoms with Crippen LogP contribution in [0.25, 0.3) is 0 Å². The quantitative estimate of drug-likeness (QED) is 0.754. The molecular formula is C26H30N4O3. The van der Waals surface area contributed by atoms with E-state index in [1.807, 2.05) is 42.5 Å². The summed E-state index contributed by atoms with van der Waals surface area (Å²) in [5.41, 5.74) is 2.64. The zero-order chi connectivity index (χ0) is 22.7. The van der Waals surface area contributed by atoms with Crippen LogP contribution in [0.3, 0.4) is 0 Å². The van der Waals surface area contributed by atoms with E-state index in [0.717, 1.165) is 75.6 Å². The van der Waals surface area contributed by atoms with Gasteiger partial charge in [-0.05, 0) is 42.7 Å². The number of benzene rings is 2. The number of hydrogen-bond acceptors (Lipinski definition) is 6. The van der Waals surface area contributed by atoms with Crippen LogP contribution in [-0.2, 0) is 11.3 Å². The Morgan fingerprint density at radius 1 is 0.939 bits per heavy atom. The molecule has 2 fully saturated rings. The summed E-state index contributed by atoms with van der Waals surface area (Å²) in [5.74, 6) is 0.988. The molecular weight excluding hydrogens is 416 g/mol. The minimum atomic E-state index is -0.499. The van der Waals surface area contributed by atoms with Crippen LogP contribution in [0.2, 0.25) is 0 Å². The number of hydrogen-bond donors (Lipinski definition) is 1. The Balaban J connectivity index is 1.09. The van der Waals surface area contributed by atoms with E-state index in [4.69, 9.17) is 14.7 Å². The maximum absolute atomic E-state index is 12.6. The lowest BCUT2D eigenvalue weighted by atomic mass is 9.94. The molecule has 0 unspecified atom stereocenters. The molecule has 7 nitrogen and oxygen atoms in total. The van der Waals surface area contributed by atoms with Crippen LogP contribution in [0.1, 0.15) is 43.2 Å². The van der Waals surface area contributed by atoms with Gasteiger partial charge in [-0.2, -0.15) is 5.26 Å². The van der Waals surface area contributed by atoms with Gasteiger partial charge in [0.05, 0.1) is 18.2 Å². The fourth-order valence-corrected chi connectivity index (χ4v) is 4.92. The van der Waals surface area contributed by atoms with E-state index in [1.54, 1.807) is 0 Å². The standard InChI is InChI=1S/C26H30N4O3/c27-17-20-4-6-21(7-5-20)18-29-12-14-30(15-13-29)19-25(31)28-22-8-9-23-24(16-22)33-26(32-23)10-2-1-3-11-26/h4-9,16H,1-3,10-15,18-19H2,(H,28,31). The highest BCUT2D eigenvalue weighted by Gasteiger charge is 2.42. The first-order valence-corrected chi connectivity index (χ1v) is 11.9. The van der Waals surface area contributed by atoms with Crippen molar-refractivity contribution >= 4 is 11.6 Å². The van der Waals surface area contributed by atoms with Crippen LogP contribution in [0.4, 0.5) is 5.69 Å². The number of fused-ring (bicyclic) bond motifs is 1. The normalized spacial score (nSPS) is 19.8. The molecule has 1 aliphatic carbocycles. The maximum atomic E-state index is 12.6. The predicted molar refractivity (Wildman–Crippen MR) is 125 cm³/mol. The smallest absolute Gasteiger partial charge is 0.251 e. The van der Waals surface area contributed by atoms with Gasteiger partial charge in [0.2, 0.25) is 5.91 Å². The highest BCUT2D eigenvalue weighted by molar-refractivity contribution is 5.92. The number of nitriles is 1. The molecule has 1 amide bonds. The lowest BCUT2D eigenvalue weighted by Gasteiger charge is -2.34. The molecule has 2 aliphatic heterocycles. The van der Waals surface area contributed by atoms with Gasteiger partial charge in [0.15, 0.2) is 11.5 Å². The highest BCUT2D eigenvalue weighted by Crippen LogP contribution is 2.46. The van der Waals surface area contributed by atoms with Gasteiger partial charge >= 0.3 is 0 Å². The molecule has 0 aromatic heterocycles. The van der Waals surface area contributed by atoms with Crippen molar-refractivity contribution < 1.29 is 14.3 Å². The molecule has 0 bridgehead atoms. The Kier molecular flexibility index (Phi) is 6.21. The average Bonchev–Trinajstić information content (AvgIpc) is 3.17. The van der Waals surface area contributed by atoms with Crippen molar-refractivity contribution in [1.82, 2.24) is 9.80 Å². The summed E-state index contributed by atoms with van der Waals surface area (Å²) in [7, 11) is 0. The highest BCUT2D eigenvalue weighted by atomic mass is 16.7. The van der Waals surface area contributed by atoms with Crippen LogP contribution in [0.15, 0.2) is 42.5 Å². The second kappa shape index (κ2) is 9.42. The predicted octanol–water partition coefficient (Wildman–Crippen LogP) is 3.75. The summed E-state index contributed by atoms with van der Waals surface area (Å²) in [6.45, 7) is 4.78. The number of nitrogens with one attached hydrogen (secondary N) is 1. The second-order valence-corrected chi connectivity index (χ2v) is 9.25. The number of piperazine rings is 1. The van der Waals surface area contributed by atoms with E-state index in [-0.39, 0.29) is 5.91 Å². The van der Waals surface area contributed by atoms with E-state index in [1.165, 1.54) is 12.0 Å². The molecule has 1 saturated heterocycles. The minimum absolute atomic E-state index is 0.0122. The summed E-state index contributed by atoms with van der Waals surface area (Å²) in [6, 6.07) is 15.6. The van der Waals surface area contributed by atoms with Gasteiger partial charge in [-0.15, -0.1) is 0 Å². The van der Waals surface area contributed by atoms with E-state index in [0.29, 0.717) is 12.1 Å². The fourth-order valence-electron chi connectivity index (χ4n) is 4.92. The van der Waals surface area contributed by atoms with Gasteiger partial charge in [0.25, 0.3) is 5.79 Å². The number of ether oxygens (including phenoxy) is 2. The largest absolute Gasteiger partial charge is 0.448 e. The number of anilines is 1. The van der Waals surface area contributed by atoms with Gasteiger partial charge in [-0.1, -0.05) is 18.6 Å². The molecule has 2 aromatic rings. The summed E-state index contributed by atoms with van der Waals surface area (Å²) in [4.78, 5) is 17.2. The molecule has 2 heterocycles. The van der Waals surface area contributed by atoms with Crippen LogP contribution >= 0.6 is 0 Å². The van der Waals surface area contributed by atoms with E-state index < -0.39 is 5.79 Å². The molecule has 5 rings (SSSR count). The lowest BCUT2D eigenvalue weighted by Crippen LogP contribution is -2.48. The third-order valence-corrected chi connectivity index (χ3v) is 6.76. The SMILES string of the molecule is N#Cc1ccc(CN2CCN(CC(=O)Nc3ccc4c(c3)OC3(CCCCC3)O4)CC2)cc1. The van der Waals surface area contributed by atoms with Crippen molar-refractivity contribution in [3.8, 4) is 17.6 Å². The maximum Gasteiger partial charge on any atom is 0.251 e. The Labute approximate surface area is 194 Å². The van der Waals surface area contributed by atoms with Crippen LogP contribution in [0.5, 0.6) is 11.5 Å². The molecule has 0 radical (unpaired) electrons. The summed E-state index contributed by atoms with van der Waals surface area (Å²) >= 11 is 0. The minimum Gasteiger partial charge on any atom is -0.448 e. The fraction of sp³-hybridized carbons (Fsp3) is 0.462. The zero-order valence-electron chi connectivity index (χ0n) is 18.9. The number of carbonyl (C=O) groups is 1. The van der Waals surface area contributed by atoms with Gasteiger partial charge in [0, 0.05) is 57.3 Å². The number of rotatable bonds is 5. The topological polar surface area (TPSA) is 77.8 Å². The molecule has 2 aromatic carbocycles. The Morgan fingerprint density at radius 3 is 2.36 bits per heavy atom. The Morgan fingerprint density at radius 2 is 1.64 bits per heavy atom. The molecule has 33 heavy (non-hydrogen) atoms. The molecule has 7 heteroatoms. The van der Waals surface area contributed by atoms with Crippen LogP contribution in [0, 0.1) is 11.3 Å². The number of nitrogens with zero attached hydrogens (tertiary/aromatic N) is 3. The molecule has 3 aliphatic rings. The monoisotopic (exact) mass is 446 g/mol. The summed E-state index contributed by atoms with van der Waals surface area (Å²) < 4.78 is 12.3. The third kappa shape index (κ3) is 5.13. The molecule has 172 valence electrons.